The summed E-state index contributed by atoms with van der Waals surface area (Å²) in [7, 11) is 0. The van der Waals surface area contributed by atoms with Crippen LogP contribution < -0.4 is 0 Å². The van der Waals surface area contributed by atoms with Gasteiger partial charge in [-0.15, -0.1) is 0 Å². The summed E-state index contributed by atoms with van der Waals surface area (Å²) in [6.07, 6.45) is 5.03. The van der Waals surface area contributed by atoms with Crippen LogP contribution in [-0.4, -0.2) is 20.5 Å². The molecule has 0 radical (unpaired) electrons. The lowest BCUT2D eigenvalue weighted by atomic mass is 9.80. The first kappa shape index (κ1) is 14.0. The van der Waals surface area contributed by atoms with Gasteiger partial charge in [-0.2, -0.15) is 5.10 Å². The van der Waals surface area contributed by atoms with E-state index in [1.807, 2.05) is 10.7 Å². The predicted octanol–water partition coefficient (Wildman–Crippen LogP) is 3.09. The van der Waals surface area contributed by atoms with Crippen molar-refractivity contribution in [3.8, 4) is 0 Å². The highest BCUT2D eigenvalue weighted by Crippen LogP contribution is 2.32. The van der Waals surface area contributed by atoms with Gasteiger partial charge >= 0.3 is 0 Å². The number of hydrogen-bond donors (Lipinski definition) is 0. The monoisotopic (exact) mass is 283 g/mol. The molecule has 1 aromatic heterocycles. The van der Waals surface area contributed by atoms with Gasteiger partial charge in [0.15, 0.2) is 0 Å². The van der Waals surface area contributed by atoms with Crippen LogP contribution in [-0.2, 0) is 17.6 Å². The fourth-order valence-corrected chi connectivity index (χ4v) is 3.20. The van der Waals surface area contributed by atoms with E-state index in [1.165, 1.54) is 17.5 Å². The summed E-state index contributed by atoms with van der Waals surface area (Å²) in [5.41, 5.74) is 2.54. The normalized spacial score (nSPS) is 17.8. The summed E-state index contributed by atoms with van der Waals surface area (Å²) in [6, 6.07) is 8.56. The molecule has 0 spiro atoms. The lowest BCUT2D eigenvalue weighted by molar-refractivity contribution is -0.120. The van der Waals surface area contributed by atoms with Crippen LogP contribution >= 0.6 is 0 Å². The van der Waals surface area contributed by atoms with Crippen LogP contribution in [0.1, 0.15) is 55.6 Å². The summed E-state index contributed by atoms with van der Waals surface area (Å²) in [5, 5.41) is 4.21. The fourth-order valence-electron chi connectivity index (χ4n) is 3.20. The van der Waals surface area contributed by atoms with Crippen molar-refractivity contribution in [1.29, 1.82) is 0 Å². The maximum absolute atomic E-state index is 12.7. The Kier molecular flexibility index (Phi) is 3.86. The SMILES string of the molecule is CC(C)n1ncnc1CC(=O)C1CCCc2ccccc21. The van der Waals surface area contributed by atoms with Crippen molar-refractivity contribution in [3.05, 3.63) is 47.5 Å². The average molecular weight is 283 g/mol. The van der Waals surface area contributed by atoms with Gasteiger partial charge in [0.1, 0.15) is 17.9 Å². The van der Waals surface area contributed by atoms with Crippen LogP contribution in [0.15, 0.2) is 30.6 Å². The van der Waals surface area contributed by atoms with Gasteiger partial charge in [0, 0.05) is 12.0 Å². The van der Waals surface area contributed by atoms with Gasteiger partial charge in [-0.1, -0.05) is 24.3 Å². The third-order valence-electron chi connectivity index (χ3n) is 4.23. The molecule has 0 aliphatic heterocycles. The molecule has 0 amide bonds. The lowest BCUT2D eigenvalue weighted by Gasteiger charge is -2.24. The molecule has 3 rings (SSSR count). The third-order valence-corrected chi connectivity index (χ3v) is 4.23. The van der Waals surface area contributed by atoms with E-state index >= 15 is 0 Å². The number of aromatic nitrogens is 3. The molecule has 0 N–H and O–H groups in total. The second-order valence-electron chi connectivity index (χ2n) is 6.00. The average Bonchev–Trinajstić information content (AvgIpc) is 2.95. The molecule has 1 aliphatic carbocycles. The predicted molar refractivity (Wildman–Crippen MR) is 81.2 cm³/mol. The van der Waals surface area contributed by atoms with Crippen molar-refractivity contribution in [2.24, 2.45) is 0 Å². The van der Waals surface area contributed by atoms with Gasteiger partial charge in [0.05, 0.1) is 6.42 Å². The van der Waals surface area contributed by atoms with Gasteiger partial charge in [0.25, 0.3) is 0 Å². The Hall–Kier alpha value is -1.97. The van der Waals surface area contributed by atoms with Crippen molar-refractivity contribution in [1.82, 2.24) is 14.8 Å². The number of carbonyl (C=O) groups excluding carboxylic acids is 1. The number of hydrogen-bond acceptors (Lipinski definition) is 3. The minimum Gasteiger partial charge on any atom is -0.299 e. The Morgan fingerprint density at radius 1 is 1.38 bits per heavy atom. The van der Waals surface area contributed by atoms with E-state index in [2.05, 4.69) is 42.1 Å². The summed E-state index contributed by atoms with van der Waals surface area (Å²) >= 11 is 0. The topological polar surface area (TPSA) is 47.8 Å². The molecule has 1 atom stereocenters. The first-order valence-corrected chi connectivity index (χ1v) is 7.65. The molecule has 1 aliphatic rings. The zero-order valence-corrected chi connectivity index (χ0v) is 12.6. The number of fused-ring (bicyclic) bond motifs is 1. The van der Waals surface area contributed by atoms with E-state index < -0.39 is 0 Å². The minimum absolute atomic E-state index is 0.0206. The highest BCUT2D eigenvalue weighted by molar-refractivity contribution is 5.87. The Labute approximate surface area is 125 Å². The van der Waals surface area contributed by atoms with Gasteiger partial charge in [0.2, 0.25) is 0 Å². The van der Waals surface area contributed by atoms with Crippen molar-refractivity contribution < 1.29 is 4.79 Å². The fraction of sp³-hybridized carbons (Fsp3) is 0.471. The Morgan fingerprint density at radius 3 is 3.00 bits per heavy atom. The van der Waals surface area contributed by atoms with Crippen LogP contribution in [0, 0.1) is 0 Å². The van der Waals surface area contributed by atoms with Crippen molar-refractivity contribution in [2.45, 2.75) is 51.5 Å². The Morgan fingerprint density at radius 2 is 2.19 bits per heavy atom. The molecule has 2 aromatic rings. The summed E-state index contributed by atoms with van der Waals surface area (Å²) < 4.78 is 1.84. The number of ketones is 1. The quantitative estimate of drug-likeness (QED) is 0.866. The number of nitrogens with zero attached hydrogens (tertiary/aromatic N) is 3. The van der Waals surface area contributed by atoms with Gasteiger partial charge in [-0.05, 0) is 44.2 Å². The molecule has 0 saturated carbocycles. The minimum atomic E-state index is 0.0206. The lowest BCUT2D eigenvalue weighted by Crippen LogP contribution is -2.22. The number of carbonyl (C=O) groups is 1. The highest BCUT2D eigenvalue weighted by atomic mass is 16.1. The van der Waals surface area contributed by atoms with Crippen molar-refractivity contribution in [3.63, 3.8) is 0 Å². The summed E-state index contributed by atoms with van der Waals surface area (Å²) in [5.74, 6) is 1.06. The van der Waals surface area contributed by atoms with Crippen molar-refractivity contribution >= 4 is 5.78 Å². The second-order valence-corrected chi connectivity index (χ2v) is 6.00. The van der Waals surface area contributed by atoms with Crippen LogP contribution in [0.25, 0.3) is 0 Å². The molecule has 4 nitrogen and oxygen atoms in total. The first-order valence-electron chi connectivity index (χ1n) is 7.65. The van der Waals surface area contributed by atoms with E-state index in [0.717, 1.165) is 25.1 Å². The van der Waals surface area contributed by atoms with Gasteiger partial charge < -0.3 is 0 Å². The molecule has 1 aromatic carbocycles. The molecule has 1 heterocycles. The highest BCUT2D eigenvalue weighted by Gasteiger charge is 2.27. The number of aryl methyl sites for hydroxylation is 1. The molecule has 4 heteroatoms. The summed E-state index contributed by atoms with van der Waals surface area (Å²) in [4.78, 5) is 17.0. The maximum Gasteiger partial charge on any atom is 0.147 e. The molecular weight excluding hydrogens is 262 g/mol. The zero-order valence-electron chi connectivity index (χ0n) is 12.6. The number of benzene rings is 1. The molecule has 0 fully saturated rings. The van der Waals surface area contributed by atoms with Gasteiger partial charge in [-0.25, -0.2) is 9.67 Å². The standard InChI is InChI=1S/C17H21N3O/c1-12(2)20-17(18-11-19-20)10-16(21)15-9-5-7-13-6-3-4-8-14(13)15/h3-4,6,8,11-12,15H,5,7,9-10H2,1-2H3. The Bertz CT molecular complexity index is 645. The van der Waals surface area contributed by atoms with E-state index in [9.17, 15) is 4.79 Å². The van der Waals surface area contributed by atoms with E-state index in [0.29, 0.717) is 6.42 Å². The van der Waals surface area contributed by atoms with E-state index in [-0.39, 0.29) is 17.7 Å². The van der Waals surface area contributed by atoms with Crippen LogP contribution in [0.2, 0.25) is 0 Å². The van der Waals surface area contributed by atoms with E-state index in [1.54, 1.807) is 0 Å². The molecular formula is C17H21N3O. The van der Waals surface area contributed by atoms with Crippen LogP contribution in [0.5, 0.6) is 0 Å². The molecule has 110 valence electrons. The summed E-state index contributed by atoms with van der Waals surface area (Å²) in [6.45, 7) is 4.11. The van der Waals surface area contributed by atoms with E-state index in [4.69, 9.17) is 0 Å². The number of rotatable bonds is 4. The largest absolute Gasteiger partial charge is 0.299 e. The Balaban J connectivity index is 1.82. The first-order chi connectivity index (χ1) is 10.2. The molecule has 1 unspecified atom stereocenters. The van der Waals surface area contributed by atoms with Crippen LogP contribution in [0.4, 0.5) is 0 Å². The molecule has 21 heavy (non-hydrogen) atoms. The second kappa shape index (κ2) is 5.80. The zero-order chi connectivity index (χ0) is 14.8. The van der Waals surface area contributed by atoms with Crippen molar-refractivity contribution in [2.75, 3.05) is 0 Å². The van der Waals surface area contributed by atoms with Crippen LogP contribution in [0.3, 0.4) is 0 Å². The molecule has 0 saturated heterocycles. The van der Waals surface area contributed by atoms with Gasteiger partial charge in [-0.3, -0.25) is 4.79 Å². The number of Topliss-reactive ketones (excluding diaryl/α,β-unsaturated/α-hetero) is 1. The third kappa shape index (κ3) is 2.75. The molecule has 0 bridgehead atoms. The maximum atomic E-state index is 12.7. The smallest absolute Gasteiger partial charge is 0.147 e.